The van der Waals surface area contributed by atoms with Crippen LogP contribution in [0, 0.1) is 11.3 Å². The zero-order valence-electron chi connectivity index (χ0n) is 17.0. The lowest BCUT2D eigenvalue weighted by atomic mass is 10.1. The topological polar surface area (TPSA) is 105 Å². The summed E-state index contributed by atoms with van der Waals surface area (Å²) in [6.07, 6.45) is 0. The Balaban J connectivity index is 1.76. The predicted octanol–water partition coefficient (Wildman–Crippen LogP) is 4.06. The van der Waals surface area contributed by atoms with E-state index in [0.29, 0.717) is 21.7 Å². The summed E-state index contributed by atoms with van der Waals surface area (Å²) >= 11 is 5.85. The molecule has 0 unspecified atom stereocenters. The molecule has 0 radical (unpaired) electrons. The van der Waals surface area contributed by atoms with Crippen molar-refractivity contribution >= 4 is 27.6 Å². The van der Waals surface area contributed by atoms with E-state index < -0.39 is 16.0 Å². The molecule has 164 valence electrons. The quantitative estimate of drug-likeness (QED) is 0.498. The molecule has 0 spiro atoms. The second kappa shape index (κ2) is 10.3. The van der Waals surface area contributed by atoms with Gasteiger partial charge in [-0.25, -0.2) is 17.9 Å². The summed E-state index contributed by atoms with van der Waals surface area (Å²) in [5.74, 6) is -0.615. The van der Waals surface area contributed by atoms with Gasteiger partial charge in [0.1, 0.15) is 17.3 Å². The summed E-state index contributed by atoms with van der Waals surface area (Å²) in [5, 5.41) is 9.51. The molecule has 0 bridgehead atoms. The molecule has 0 fully saturated rings. The van der Waals surface area contributed by atoms with Crippen LogP contribution in [0.2, 0.25) is 5.02 Å². The molecule has 32 heavy (non-hydrogen) atoms. The van der Waals surface area contributed by atoms with Crippen LogP contribution in [0.4, 0.5) is 0 Å². The highest BCUT2D eigenvalue weighted by molar-refractivity contribution is 7.89. The fraction of sp³-hybridized carbons (Fsp3) is 0.130. The lowest BCUT2D eigenvalue weighted by molar-refractivity contribution is 0.0472. The third kappa shape index (κ3) is 5.86. The fourth-order valence-electron chi connectivity index (χ4n) is 2.83. The van der Waals surface area contributed by atoms with Crippen LogP contribution in [-0.2, 0) is 27.9 Å². The summed E-state index contributed by atoms with van der Waals surface area (Å²) in [4.78, 5) is 12.3. The van der Waals surface area contributed by atoms with E-state index in [1.807, 2.05) is 6.07 Å². The third-order valence-corrected chi connectivity index (χ3v) is 6.17. The Bertz CT molecular complexity index is 1270. The van der Waals surface area contributed by atoms with Gasteiger partial charge in [0, 0.05) is 11.6 Å². The first kappa shape index (κ1) is 23.3. The van der Waals surface area contributed by atoms with Crippen molar-refractivity contribution in [2.45, 2.75) is 18.0 Å². The first-order valence-electron chi connectivity index (χ1n) is 9.40. The van der Waals surface area contributed by atoms with E-state index in [-0.39, 0.29) is 29.4 Å². The maximum atomic E-state index is 12.9. The van der Waals surface area contributed by atoms with E-state index in [1.54, 1.807) is 48.5 Å². The van der Waals surface area contributed by atoms with Crippen molar-refractivity contribution in [3.05, 3.63) is 94.0 Å². The average Bonchev–Trinajstić information content (AvgIpc) is 2.82. The molecule has 0 amide bonds. The normalized spacial score (nSPS) is 10.9. The van der Waals surface area contributed by atoms with Gasteiger partial charge in [-0.3, -0.25) is 0 Å². The number of nitriles is 1. The highest BCUT2D eigenvalue weighted by Crippen LogP contribution is 2.26. The minimum absolute atomic E-state index is 0.0343. The van der Waals surface area contributed by atoms with Crippen LogP contribution in [0.5, 0.6) is 5.75 Å². The summed E-state index contributed by atoms with van der Waals surface area (Å²) in [7, 11) is -2.65. The lowest BCUT2D eigenvalue weighted by Crippen LogP contribution is -2.24. The second-order valence-corrected chi connectivity index (χ2v) is 8.88. The van der Waals surface area contributed by atoms with Gasteiger partial charge in [-0.1, -0.05) is 35.9 Å². The zero-order valence-corrected chi connectivity index (χ0v) is 18.6. The standard InChI is InChI=1S/C23H19ClN2O5S/c1-30-21-10-7-19(23(27)31-15-18-4-2-3-17(11-18)13-25)12-22(21)32(28,29)26-14-16-5-8-20(24)9-6-16/h2-12,26H,14-15H2,1H3. The Kier molecular flexibility index (Phi) is 7.49. The van der Waals surface area contributed by atoms with Gasteiger partial charge in [-0.05, 0) is 53.6 Å². The number of sulfonamides is 1. The van der Waals surface area contributed by atoms with E-state index in [9.17, 15) is 13.2 Å². The molecule has 0 aliphatic carbocycles. The Morgan fingerprint density at radius 2 is 1.81 bits per heavy atom. The van der Waals surface area contributed by atoms with Crippen LogP contribution in [0.3, 0.4) is 0 Å². The Morgan fingerprint density at radius 1 is 1.06 bits per heavy atom. The number of ether oxygens (including phenoxy) is 2. The van der Waals surface area contributed by atoms with Gasteiger partial charge < -0.3 is 9.47 Å². The molecule has 1 N–H and O–H groups in total. The number of esters is 1. The summed E-state index contributed by atoms with van der Waals surface area (Å²) in [5.41, 5.74) is 1.85. The molecule has 0 aromatic heterocycles. The van der Waals surface area contributed by atoms with Gasteiger partial charge in [0.15, 0.2) is 0 Å². The molecule has 7 nitrogen and oxygen atoms in total. The van der Waals surface area contributed by atoms with Crippen molar-refractivity contribution < 1.29 is 22.7 Å². The van der Waals surface area contributed by atoms with Crippen molar-refractivity contribution in [2.24, 2.45) is 0 Å². The van der Waals surface area contributed by atoms with E-state index in [2.05, 4.69) is 4.72 Å². The van der Waals surface area contributed by atoms with E-state index in [4.69, 9.17) is 26.3 Å². The van der Waals surface area contributed by atoms with E-state index >= 15 is 0 Å². The second-order valence-electron chi connectivity index (χ2n) is 6.70. The SMILES string of the molecule is COc1ccc(C(=O)OCc2cccc(C#N)c2)cc1S(=O)(=O)NCc1ccc(Cl)cc1. The maximum Gasteiger partial charge on any atom is 0.338 e. The van der Waals surface area contributed by atoms with Gasteiger partial charge >= 0.3 is 5.97 Å². The van der Waals surface area contributed by atoms with Crippen LogP contribution in [0.1, 0.15) is 27.0 Å². The summed E-state index contributed by atoms with van der Waals surface area (Å²) in [6.45, 7) is -0.0240. The Morgan fingerprint density at radius 3 is 2.50 bits per heavy atom. The third-order valence-electron chi connectivity index (χ3n) is 4.49. The Labute approximate surface area is 191 Å². The lowest BCUT2D eigenvalue weighted by Gasteiger charge is -2.13. The smallest absolute Gasteiger partial charge is 0.338 e. The first-order valence-corrected chi connectivity index (χ1v) is 11.3. The minimum Gasteiger partial charge on any atom is -0.495 e. The monoisotopic (exact) mass is 470 g/mol. The molecular weight excluding hydrogens is 452 g/mol. The first-order chi connectivity index (χ1) is 15.3. The van der Waals surface area contributed by atoms with Crippen molar-refractivity contribution in [2.75, 3.05) is 7.11 Å². The largest absolute Gasteiger partial charge is 0.495 e. The minimum atomic E-state index is -4.00. The highest BCUT2D eigenvalue weighted by Gasteiger charge is 2.22. The van der Waals surface area contributed by atoms with Crippen molar-refractivity contribution in [1.82, 2.24) is 4.72 Å². The molecule has 0 saturated carbocycles. The number of hydrogen-bond donors (Lipinski definition) is 1. The summed E-state index contributed by atoms with van der Waals surface area (Å²) < 4.78 is 38.7. The molecule has 9 heteroatoms. The number of halogens is 1. The molecule has 0 saturated heterocycles. The molecule has 3 aromatic rings. The molecule has 0 aliphatic heterocycles. The van der Waals surface area contributed by atoms with Crippen LogP contribution in [-0.4, -0.2) is 21.5 Å². The molecule has 3 aromatic carbocycles. The van der Waals surface area contributed by atoms with E-state index in [0.717, 1.165) is 0 Å². The predicted molar refractivity (Wildman–Crippen MR) is 119 cm³/mol. The number of hydrogen-bond acceptors (Lipinski definition) is 6. The number of rotatable bonds is 8. The highest BCUT2D eigenvalue weighted by atomic mass is 35.5. The van der Waals surface area contributed by atoms with Gasteiger partial charge in [-0.2, -0.15) is 5.26 Å². The van der Waals surface area contributed by atoms with Crippen LogP contribution < -0.4 is 9.46 Å². The van der Waals surface area contributed by atoms with Crippen LogP contribution in [0.25, 0.3) is 0 Å². The number of nitrogens with zero attached hydrogens (tertiary/aromatic N) is 1. The summed E-state index contributed by atoms with van der Waals surface area (Å²) in [6, 6.07) is 19.4. The molecule has 3 rings (SSSR count). The molecular formula is C23H19ClN2O5S. The van der Waals surface area contributed by atoms with Gasteiger partial charge in [0.05, 0.1) is 24.3 Å². The van der Waals surface area contributed by atoms with Crippen LogP contribution in [0.15, 0.2) is 71.6 Å². The zero-order chi connectivity index (χ0) is 23.1. The van der Waals surface area contributed by atoms with Crippen molar-refractivity contribution in [3.8, 4) is 11.8 Å². The Hall–Kier alpha value is -3.38. The number of carbonyl (C=O) groups is 1. The van der Waals surface area contributed by atoms with Gasteiger partial charge in [-0.15, -0.1) is 0 Å². The average molecular weight is 471 g/mol. The number of benzene rings is 3. The van der Waals surface area contributed by atoms with Gasteiger partial charge in [0.25, 0.3) is 0 Å². The van der Waals surface area contributed by atoms with E-state index in [1.165, 1.54) is 25.3 Å². The maximum absolute atomic E-state index is 12.9. The number of carbonyl (C=O) groups excluding carboxylic acids is 1. The molecule has 0 aliphatic rings. The number of methoxy groups -OCH3 is 1. The molecule has 0 heterocycles. The fourth-order valence-corrected chi connectivity index (χ4v) is 4.17. The van der Waals surface area contributed by atoms with Gasteiger partial charge in [0.2, 0.25) is 10.0 Å². The van der Waals surface area contributed by atoms with Crippen LogP contribution >= 0.6 is 11.6 Å². The molecule has 0 atom stereocenters. The van der Waals surface area contributed by atoms with Crippen molar-refractivity contribution in [3.63, 3.8) is 0 Å². The van der Waals surface area contributed by atoms with Crippen molar-refractivity contribution in [1.29, 1.82) is 5.26 Å². The number of nitrogens with one attached hydrogen (secondary N) is 1.